The number of amides is 1. The number of carbonyl (C=O) groups excluding carboxylic acids is 1. The zero-order chi connectivity index (χ0) is 16.5. The lowest BCUT2D eigenvalue weighted by atomic mass is 10.1. The van der Waals surface area contributed by atoms with Crippen molar-refractivity contribution in [3.8, 4) is 0 Å². The summed E-state index contributed by atoms with van der Waals surface area (Å²) in [6.45, 7) is 1.29. The molecular weight excluding hydrogens is 305 g/mol. The number of hydrogen-bond acceptors (Lipinski definition) is 2. The van der Waals surface area contributed by atoms with Gasteiger partial charge in [-0.05, 0) is 49.4 Å². The molecule has 1 heterocycles. The molecule has 2 aliphatic rings. The standard InChI is InChI=1S/C19H22FN3O/c20-16-7-1-13(2-8-16)11-19(24)21-9-10-23-18(15-5-6-15)12-17(22-23)14-3-4-14/h1-2,7-8,12,14-15H,3-6,9-11H2,(H,21,24). The highest BCUT2D eigenvalue weighted by molar-refractivity contribution is 5.78. The summed E-state index contributed by atoms with van der Waals surface area (Å²) in [7, 11) is 0. The highest BCUT2D eigenvalue weighted by atomic mass is 19.1. The van der Waals surface area contributed by atoms with E-state index in [1.807, 2.05) is 0 Å². The van der Waals surface area contributed by atoms with Crippen LogP contribution in [0.5, 0.6) is 0 Å². The van der Waals surface area contributed by atoms with Crippen LogP contribution in [0, 0.1) is 5.82 Å². The molecule has 1 aromatic carbocycles. The molecule has 2 aliphatic carbocycles. The molecule has 0 radical (unpaired) electrons. The van der Waals surface area contributed by atoms with E-state index in [2.05, 4.69) is 16.1 Å². The van der Waals surface area contributed by atoms with Crippen LogP contribution in [0.25, 0.3) is 0 Å². The van der Waals surface area contributed by atoms with Gasteiger partial charge in [0.1, 0.15) is 5.82 Å². The summed E-state index contributed by atoms with van der Waals surface area (Å²) >= 11 is 0. The first-order chi connectivity index (χ1) is 11.7. The number of halogens is 1. The lowest BCUT2D eigenvalue weighted by molar-refractivity contribution is -0.120. The number of nitrogens with zero attached hydrogens (tertiary/aromatic N) is 2. The molecule has 1 aromatic heterocycles. The Morgan fingerprint density at radius 3 is 2.54 bits per heavy atom. The van der Waals surface area contributed by atoms with Crippen molar-refractivity contribution in [2.45, 2.75) is 50.5 Å². The van der Waals surface area contributed by atoms with Gasteiger partial charge in [-0.3, -0.25) is 9.48 Å². The molecule has 0 spiro atoms. The highest BCUT2D eigenvalue weighted by Gasteiger charge is 2.32. The van der Waals surface area contributed by atoms with Gasteiger partial charge in [0.25, 0.3) is 0 Å². The number of rotatable bonds is 7. The Morgan fingerprint density at radius 1 is 1.17 bits per heavy atom. The predicted molar refractivity (Wildman–Crippen MR) is 89.3 cm³/mol. The summed E-state index contributed by atoms with van der Waals surface area (Å²) in [6.07, 6.45) is 5.31. The first-order valence-corrected chi connectivity index (χ1v) is 8.78. The van der Waals surface area contributed by atoms with Gasteiger partial charge in [0.05, 0.1) is 18.7 Å². The molecule has 0 unspecified atom stereocenters. The second-order valence-electron chi connectivity index (χ2n) is 6.92. The van der Waals surface area contributed by atoms with Gasteiger partial charge in [-0.15, -0.1) is 0 Å². The van der Waals surface area contributed by atoms with Crippen molar-refractivity contribution in [2.24, 2.45) is 0 Å². The fourth-order valence-corrected chi connectivity index (χ4v) is 3.07. The third-order valence-electron chi connectivity index (χ3n) is 4.74. The molecule has 2 aromatic rings. The van der Waals surface area contributed by atoms with Gasteiger partial charge in [-0.25, -0.2) is 4.39 Å². The molecule has 0 saturated heterocycles. The van der Waals surface area contributed by atoms with E-state index in [4.69, 9.17) is 5.10 Å². The zero-order valence-corrected chi connectivity index (χ0v) is 13.7. The molecule has 1 amide bonds. The maximum absolute atomic E-state index is 12.9. The lowest BCUT2D eigenvalue weighted by Crippen LogP contribution is -2.29. The van der Waals surface area contributed by atoms with Gasteiger partial charge in [0.2, 0.25) is 5.91 Å². The Hall–Kier alpha value is -2.17. The van der Waals surface area contributed by atoms with Gasteiger partial charge >= 0.3 is 0 Å². The van der Waals surface area contributed by atoms with E-state index >= 15 is 0 Å². The molecule has 0 bridgehead atoms. The lowest BCUT2D eigenvalue weighted by Gasteiger charge is -2.08. The van der Waals surface area contributed by atoms with Gasteiger partial charge in [0.15, 0.2) is 0 Å². The molecule has 4 nitrogen and oxygen atoms in total. The van der Waals surface area contributed by atoms with Crippen LogP contribution in [0.1, 0.15) is 54.5 Å². The van der Waals surface area contributed by atoms with E-state index in [0.29, 0.717) is 24.9 Å². The van der Waals surface area contributed by atoms with Gasteiger partial charge in [-0.1, -0.05) is 12.1 Å². The van der Waals surface area contributed by atoms with Crippen LogP contribution in [-0.2, 0) is 17.8 Å². The number of aromatic nitrogens is 2. The Morgan fingerprint density at radius 2 is 1.88 bits per heavy atom. The fraction of sp³-hybridized carbons (Fsp3) is 0.474. The fourth-order valence-electron chi connectivity index (χ4n) is 3.07. The monoisotopic (exact) mass is 327 g/mol. The highest BCUT2D eigenvalue weighted by Crippen LogP contribution is 2.44. The number of carbonyl (C=O) groups is 1. The number of hydrogen-bond donors (Lipinski definition) is 1. The van der Waals surface area contributed by atoms with Crippen LogP contribution < -0.4 is 5.32 Å². The van der Waals surface area contributed by atoms with Crippen LogP contribution >= 0.6 is 0 Å². The Bertz CT molecular complexity index is 730. The summed E-state index contributed by atoms with van der Waals surface area (Å²) in [5, 5.41) is 7.69. The molecule has 0 atom stereocenters. The van der Waals surface area contributed by atoms with E-state index in [1.165, 1.54) is 49.2 Å². The first-order valence-electron chi connectivity index (χ1n) is 8.78. The quantitative estimate of drug-likeness (QED) is 0.849. The second kappa shape index (κ2) is 6.38. The van der Waals surface area contributed by atoms with Crippen molar-refractivity contribution in [2.75, 3.05) is 6.54 Å². The summed E-state index contributed by atoms with van der Waals surface area (Å²) < 4.78 is 15.0. The molecule has 2 saturated carbocycles. The maximum Gasteiger partial charge on any atom is 0.224 e. The largest absolute Gasteiger partial charge is 0.354 e. The van der Waals surface area contributed by atoms with Crippen molar-refractivity contribution >= 4 is 5.91 Å². The average Bonchev–Trinajstić information content (AvgIpc) is 3.48. The summed E-state index contributed by atoms with van der Waals surface area (Å²) in [6, 6.07) is 8.34. The van der Waals surface area contributed by atoms with Crippen LogP contribution in [0.2, 0.25) is 0 Å². The smallest absolute Gasteiger partial charge is 0.224 e. The molecular formula is C19H22FN3O. The SMILES string of the molecule is O=C(Cc1ccc(F)cc1)NCCn1nc(C2CC2)cc1C1CC1. The Balaban J connectivity index is 1.30. The minimum absolute atomic E-state index is 0.0378. The van der Waals surface area contributed by atoms with Crippen molar-refractivity contribution in [3.05, 3.63) is 53.1 Å². The molecule has 24 heavy (non-hydrogen) atoms. The van der Waals surface area contributed by atoms with Crippen molar-refractivity contribution < 1.29 is 9.18 Å². The van der Waals surface area contributed by atoms with E-state index < -0.39 is 0 Å². The zero-order valence-electron chi connectivity index (χ0n) is 13.7. The summed E-state index contributed by atoms with van der Waals surface area (Å²) in [5.41, 5.74) is 3.39. The topological polar surface area (TPSA) is 46.9 Å². The molecule has 126 valence electrons. The van der Waals surface area contributed by atoms with E-state index in [9.17, 15) is 9.18 Å². The third kappa shape index (κ3) is 3.66. The number of benzene rings is 1. The minimum Gasteiger partial charge on any atom is -0.354 e. The van der Waals surface area contributed by atoms with Gasteiger partial charge < -0.3 is 5.32 Å². The molecule has 1 N–H and O–H groups in total. The van der Waals surface area contributed by atoms with Crippen molar-refractivity contribution in [1.29, 1.82) is 0 Å². The Labute approximate surface area is 141 Å². The maximum atomic E-state index is 12.9. The van der Waals surface area contributed by atoms with Crippen LogP contribution in [0.15, 0.2) is 30.3 Å². The minimum atomic E-state index is -0.281. The van der Waals surface area contributed by atoms with Crippen LogP contribution in [-0.4, -0.2) is 22.2 Å². The summed E-state index contributed by atoms with van der Waals surface area (Å²) in [5.74, 6) is 1.01. The summed E-state index contributed by atoms with van der Waals surface area (Å²) in [4.78, 5) is 12.0. The van der Waals surface area contributed by atoms with Crippen LogP contribution in [0.4, 0.5) is 4.39 Å². The first kappa shape index (κ1) is 15.4. The van der Waals surface area contributed by atoms with Gasteiger partial charge in [0, 0.05) is 24.1 Å². The van der Waals surface area contributed by atoms with E-state index in [1.54, 1.807) is 12.1 Å². The normalized spacial score (nSPS) is 17.0. The Kier molecular flexibility index (Phi) is 4.08. The average molecular weight is 327 g/mol. The molecule has 5 heteroatoms. The third-order valence-corrected chi connectivity index (χ3v) is 4.74. The molecule has 0 aliphatic heterocycles. The molecule has 4 rings (SSSR count). The van der Waals surface area contributed by atoms with Crippen molar-refractivity contribution in [1.82, 2.24) is 15.1 Å². The second-order valence-corrected chi connectivity index (χ2v) is 6.92. The van der Waals surface area contributed by atoms with Crippen molar-refractivity contribution in [3.63, 3.8) is 0 Å². The predicted octanol–water partition coefficient (Wildman–Crippen LogP) is 3.14. The molecule has 2 fully saturated rings. The van der Waals surface area contributed by atoms with Gasteiger partial charge in [-0.2, -0.15) is 5.10 Å². The number of nitrogens with one attached hydrogen (secondary N) is 1. The van der Waals surface area contributed by atoms with E-state index in [-0.39, 0.29) is 18.1 Å². The van der Waals surface area contributed by atoms with Crippen LogP contribution in [0.3, 0.4) is 0 Å². The van der Waals surface area contributed by atoms with E-state index in [0.717, 1.165) is 5.56 Å².